The lowest BCUT2D eigenvalue weighted by Gasteiger charge is -2.29. The van der Waals surface area contributed by atoms with Crippen molar-refractivity contribution >= 4 is 34.2 Å². The molecule has 0 fully saturated rings. The third-order valence-electron chi connectivity index (χ3n) is 6.61. The van der Waals surface area contributed by atoms with Gasteiger partial charge in [0.05, 0.1) is 5.69 Å². The Labute approximate surface area is 206 Å². The van der Waals surface area contributed by atoms with E-state index < -0.39 is 6.04 Å². The zero-order valence-electron chi connectivity index (χ0n) is 20.7. The van der Waals surface area contributed by atoms with Gasteiger partial charge in [0.25, 0.3) is 5.91 Å². The molecule has 6 nitrogen and oxygen atoms in total. The summed E-state index contributed by atoms with van der Waals surface area (Å²) >= 11 is 0. The average molecular weight is 472 g/mol. The highest BCUT2D eigenvalue weighted by Gasteiger charge is 2.30. The Kier molecular flexibility index (Phi) is 7.49. The van der Waals surface area contributed by atoms with E-state index in [0.29, 0.717) is 31.6 Å². The van der Waals surface area contributed by atoms with Crippen LogP contribution < -0.4 is 10.2 Å². The Balaban J connectivity index is 1.45. The molecule has 0 unspecified atom stereocenters. The molecule has 0 saturated carbocycles. The molecule has 35 heavy (non-hydrogen) atoms. The van der Waals surface area contributed by atoms with Crippen LogP contribution in [0.15, 0.2) is 60.7 Å². The van der Waals surface area contributed by atoms with E-state index in [1.807, 2.05) is 74.5 Å². The van der Waals surface area contributed by atoms with Crippen molar-refractivity contribution in [3.8, 4) is 0 Å². The van der Waals surface area contributed by atoms with E-state index in [2.05, 4.69) is 5.32 Å². The molecule has 0 aliphatic carbocycles. The van der Waals surface area contributed by atoms with Gasteiger partial charge in [-0.2, -0.15) is 0 Å². The Morgan fingerprint density at radius 3 is 2.46 bits per heavy atom. The molecule has 4 rings (SSSR count). The number of amides is 3. The molecule has 3 amide bonds. The Morgan fingerprint density at radius 2 is 1.74 bits per heavy atom. The summed E-state index contributed by atoms with van der Waals surface area (Å²) in [7, 11) is 0. The van der Waals surface area contributed by atoms with Crippen molar-refractivity contribution in [1.29, 1.82) is 0 Å². The Morgan fingerprint density at radius 1 is 1.03 bits per heavy atom. The second-order valence-electron chi connectivity index (χ2n) is 9.22. The maximum Gasteiger partial charge on any atom is 0.258 e. The van der Waals surface area contributed by atoms with Crippen molar-refractivity contribution in [2.75, 3.05) is 18.0 Å². The predicted molar refractivity (Wildman–Crippen MR) is 139 cm³/mol. The first-order chi connectivity index (χ1) is 16.9. The summed E-state index contributed by atoms with van der Waals surface area (Å²) in [5.41, 5.74) is 3.74. The van der Waals surface area contributed by atoms with Gasteiger partial charge in [-0.25, -0.2) is 0 Å². The van der Waals surface area contributed by atoms with Crippen molar-refractivity contribution in [2.24, 2.45) is 0 Å². The minimum Gasteiger partial charge on any atom is -0.354 e. The molecule has 0 bridgehead atoms. The van der Waals surface area contributed by atoms with E-state index >= 15 is 0 Å². The van der Waals surface area contributed by atoms with Crippen LogP contribution in [0.2, 0.25) is 0 Å². The molecule has 3 aromatic rings. The summed E-state index contributed by atoms with van der Waals surface area (Å²) in [4.78, 5) is 42.5. The van der Waals surface area contributed by atoms with E-state index in [4.69, 9.17) is 0 Å². The minimum absolute atomic E-state index is 0.0203. The molecule has 1 aliphatic rings. The number of benzene rings is 3. The lowest BCUT2D eigenvalue weighted by atomic mass is 10.1. The van der Waals surface area contributed by atoms with E-state index in [1.54, 1.807) is 16.7 Å². The smallest absolute Gasteiger partial charge is 0.258 e. The van der Waals surface area contributed by atoms with Gasteiger partial charge < -0.3 is 15.1 Å². The summed E-state index contributed by atoms with van der Waals surface area (Å²) in [6.07, 6.45) is 1.61. The van der Waals surface area contributed by atoms with Crippen LogP contribution in [0.25, 0.3) is 10.8 Å². The van der Waals surface area contributed by atoms with Gasteiger partial charge in [-0.1, -0.05) is 61.0 Å². The molecule has 182 valence electrons. The van der Waals surface area contributed by atoms with Crippen LogP contribution in [0.4, 0.5) is 5.69 Å². The van der Waals surface area contributed by atoms with Gasteiger partial charge in [0.15, 0.2) is 0 Å². The van der Waals surface area contributed by atoms with Crippen LogP contribution in [-0.4, -0.2) is 41.8 Å². The molecule has 3 aromatic carbocycles. The standard InChI is InChI=1S/C29H33N3O3/c1-4-17-30-28(34)21(3)32(19-22-15-13-20(2)14-16-22)26(33)12-7-18-31-25-11-6-9-23-8-5-10-24(27(23)25)29(31)35/h5-6,8-11,13-16,21H,4,7,12,17-19H2,1-3H3,(H,30,34)/t21-/m1/s1. The highest BCUT2D eigenvalue weighted by molar-refractivity contribution is 6.25. The molecular formula is C29H33N3O3. The number of rotatable bonds is 10. The van der Waals surface area contributed by atoms with Crippen molar-refractivity contribution in [1.82, 2.24) is 10.2 Å². The quantitative estimate of drug-likeness (QED) is 0.460. The van der Waals surface area contributed by atoms with Crippen molar-refractivity contribution in [3.63, 3.8) is 0 Å². The van der Waals surface area contributed by atoms with Crippen LogP contribution in [0.5, 0.6) is 0 Å². The van der Waals surface area contributed by atoms with Crippen LogP contribution in [0.3, 0.4) is 0 Å². The molecule has 0 saturated heterocycles. The summed E-state index contributed by atoms with van der Waals surface area (Å²) in [5, 5.41) is 4.93. The Hall–Kier alpha value is -3.67. The lowest BCUT2D eigenvalue weighted by Crippen LogP contribution is -2.47. The first kappa shape index (κ1) is 24.5. The first-order valence-electron chi connectivity index (χ1n) is 12.4. The number of nitrogens with one attached hydrogen (secondary N) is 1. The number of hydrogen-bond acceptors (Lipinski definition) is 3. The monoisotopic (exact) mass is 471 g/mol. The number of hydrogen-bond donors (Lipinski definition) is 1. The van der Waals surface area contributed by atoms with E-state index in [9.17, 15) is 14.4 Å². The number of nitrogens with zero attached hydrogens (tertiary/aromatic N) is 2. The fourth-order valence-corrected chi connectivity index (χ4v) is 4.60. The van der Waals surface area contributed by atoms with E-state index in [1.165, 1.54) is 0 Å². The van der Waals surface area contributed by atoms with Crippen molar-refractivity contribution in [3.05, 3.63) is 77.4 Å². The first-order valence-corrected chi connectivity index (χ1v) is 12.4. The zero-order valence-corrected chi connectivity index (χ0v) is 20.7. The summed E-state index contributed by atoms with van der Waals surface area (Å²) in [6, 6.07) is 19.1. The number of anilines is 1. The van der Waals surface area contributed by atoms with E-state index in [-0.39, 0.29) is 24.1 Å². The van der Waals surface area contributed by atoms with Gasteiger partial charge in [0, 0.05) is 37.0 Å². The van der Waals surface area contributed by atoms with Crippen molar-refractivity contribution in [2.45, 2.75) is 52.6 Å². The molecule has 0 radical (unpaired) electrons. The summed E-state index contributed by atoms with van der Waals surface area (Å²) < 4.78 is 0. The minimum atomic E-state index is -0.582. The average Bonchev–Trinajstić information content (AvgIpc) is 3.14. The third kappa shape index (κ3) is 5.21. The molecule has 0 spiro atoms. The van der Waals surface area contributed by atoms with Crippen LogP contribution in [0.1, 0.15) is 54.6 Å². The maximum absolute atomic E-state index is 13.3. The van der Waals surface area contributed by atoms with Crippen molar-refractivity contribution < 1.29 is 14.4 Å². The number of aryl methyl sites for hydroxylation is 1. The van der Waals surface area contributed by atoms with Crippen LogP contribution in [0, 0.1) is 6.92 Å². The number of carbonyl (C=O) groups is 3. The largest absolute Gasteiger partial charge is 0.354 e. The van der Waals surface area contributed by atoms with Crippen LogP contribution >= 0.6 is 0 Å². The van der Waals surface area contributed by atoms with Gasteiger partial charge >= 0.3 is 0 Å². The SMILES string of the molecule is CCCNC(=O)[C@@H](C)N(Cc1ccc(C)cc1)C(=O)CCCN1C(=O)c2cccc3cccc1c23. The molecular weight excluding hydrogens is 438 g/mol. The van der Waals surface area contributed by atoms with Gasteiger partial charge in [0.2, 0.25) is 11.8 Å². The fourth-order valence-electron chi connectivity index (χ4n) is 4.60. The second-order valence-corrected chi connectivity index (χ2v) is 9.22. The summed E-state index contributed by atoms with van der Waals surface area (Å²) in [5.74, 6) is -0.260. The molecule has 1 aliphatic heterocycles. The third-order valence-corrected chi connectivity index (χ3v) is 6.61. The van der Waals surface area contributed by atoms with Crippen LogP contribution in [-0.2, 0) is 16.1 Å². The highest BCUT2D eigenvalue weighted by Crippen LogP contribution is 2.37. The normalized spacial score (nSPS) is 13.2. The molecule has 1 atom stereocenters. The van der Waals surface area contributed by atoms with Gasteiger partial charge in [0.1, 0.15) is 6.04 Å². The highest BCUT2D eigenvalue weighted by atomic mass is 16.2. The fraction of sp³-hybridized carbons (Fsp3) is 0.345. The summed E-state index contributed by atoms with van der Waals surface area (Å²) in [6.45, 7) is 7.20. The van der Waals surface area contributed by atoms with Gasteiger partial charge in [-0.3, -0.25) is 14.4 Å². The molecule has 1 heterocycles. The Bertz CT molecular complexity index is 1230. The molecule has 1 N–H and O–H groups in total. The molecule has 0 aromatic heterocycles. The number of carbonyl (C=O) groups excluding carboxylic acids is 3. The van der Waals surface area contributed by atoms with Gasteiger partial charge in [-0.05, 0) is 49.8 Å². The topological polar surface area (TPSA) is 69.7 Å². The predicted octanol–water partition coefficient (Wildman–Crippen LogP) is 4.83. The second kappa shape index (κ2) is 10.7. The maximum atomic E-state index is 13.3. The van der Waals surface area contributed by atoms with E-state index in [0.717, 1.165) is 34.0 Å². The lowest BCUT2D eigenvalue weighted by molar-refractivity contribution is -0.140. The van der Waals surface area contributed by atoms with Gasteiger partial charge in [-0.15, -0.1) is 0 Å². The zero-order chi connectivity index (χ0) is 24.9. The molecule has 6 heteroatoms.